The Balaban J connectivity index is 3.08. The van der Waals surface area contributed by atoms with Crippen LogP contribution >= 0.6 is 15.9 Å². The summed E-state index contributed by atoms with van der Waals surface area (Å²) >= 11 is 3.43. The highest BCUT2D eigenvalue weighted by molar-refractivity contribution is 9.10. The van der Waals surface area contributed by atoms with Crippen molar-refractivity contribution in [2.75, 3.05) is 14.2 Å². The van der Waals surface area contributed by atoms with Crippen molar-refractivity contribution in [2.24, 2.45) is 0 Å². The van der Waals surface area contributed by atoms with E-state index >= 15 is 0 Å². The minimum absolute atomic E-state index is 0.376. The van der Waals surface area contributed by atoms with E-state index in [1.54, 1.807) is 21.1 Å². The predicted molar refractivity (Wildman–Crippen MR) is 62.6 cm³/mol. The van der Waals surface area contributed by atoms with Crippen LogP contribution in [0, 0.1) is 0 Å². The predicted octanol–water partition coefficient (Wildman–Crippen LogP) is 2.39. The lowest BCUT2D eigenvalue weighted by Gasteiger charge is -2.12. The average Bonchev–Trinajstić information content (AvgIpc) is 2.19. The summed E-state index contributed by atoms with van der Waals surface area (Å²) in [6.07, 6.45) is 0.209. The van der Waals surface area contributed by atoms with Gasteiger partial charge in [-0.25, -0.2) is 0 Å². The molecule has 0 spiro atoms. The molecule has 1 aromatic carbocycles. The molecule has 0 aromatic heterocycles. The molecule has 0 fully saturated rings. The second kappa shape index (κ2) is 5.37. The van der Waals surface area contributed by atoms with Crippen molar-refractivity contribution in [3.8, 4) is 11.5 Å². The zero-order valence-corrected chi connectivity index (χ0v) is 10.7. The van der Waals surface area contributed by atoms with E-state index in [2.05, 4.69) is 15.9 Å². The molecule has 84 valence electrons. The fourth-order valence-corrected chi connectivity index (χ4v) is 1.86. The van der Waals surface area contributed by atoms with Gasteiger partial charge in [-0.3, -0.25) is 0 Å². The molecule has 0 saturated heterocycles. The number of hydrogen-bond acceptors (Lipinski definition) is 3. The fourth-order valence-electron chi connectivity index (χ4n) is 1.37. The molecule has 4 heteroatoms. The Hall–Kier alpha value is -0.740. The van der Waals surface area contributed by atoms with Gasteiger partial charge in [0.2, 0.25) is 0 Å². The van der Waals surface area contributed by atoms with Crippen LogP contribution in [0.4, 0.5) is 0 Å². The molecule has 0 amide bonds. The van der Waals surface area contributed by atoms with Crippen LogP contribution in [-0.4, -0.2) is 25.4 Å². The first-order chi connectivity index (χ1) is 7.08. The highest BCUT2D eigenvalue weighted by Gasteiger charge is 2.10. The summed E-state index contributed by atoms with van der Waals surface area (Å²) in [5.74, 6) is 1.36. The second-order valence-corrected chi connectivity index (χ2v) is 4.21. The maximum atomic E-state index is 9.33. The minimum atomic E-state index is -0.376. The van der Waals surface area contributed by atoms with Crippen molar-refractivity contribution < 1.29 is 14.6 Å². The smallest absolute Gasteiger partial charge is 0.161 e. The second-order valence-electron chi connectivity index (χ2n) is 3.35. The van der Waals surface area contributed by atoms with Gasteiger partial charge in [-0.05, 0) is 31.0 Å². The molecule has 0 saturated carbocycles. The summed E-state index contributed by atoms with van der Waals surface area (Å²) in [5, 5.41) is 9.33. The van der Waals surface area contributed by atoms with Crippen molar-refractivity contribution in [2.45, 2.75) is 19.4 Å². The van der Waals surface area contributed by atoms with E-state index in [9.17, 15) is 5.11 Å². The van der Waals surface area contributed by atoms with Crippen molar-refractivity contribution in [3.05, 3.63) is 22.2 Å². The number of halogens is 1. The summed E-state index contributed by atoms with van der Waals surface area (Å²) in [6, 6.07) is 3.71. The first kappa shape index (κ1) is 12.3. The molecule has 1 atom stereocenters. The molecular weight excluding hydrogens is 260 g/mol. The maximum Gasteiger partial charge on any atom is 0.161 e. The number of methoxy groups -OCH3 is 2. The topological polar surface area (TPSA) is 38.7 Å². The Labute approximate surface area is 98.1 Å². The first-order valence-corrected chi connectivity index (χ1v) is 5.46. The van der Waals surface area contributed by atoms with Gasteiger partial charge in [0.25, 0.3) is 0 Å². The first-order valence-electron chi connectivity index (χ1n) is 4.67. The summed E-state index contributed by atoms with van der Waals surface area (Å²) in [5.41, 5.74) is 1.00. The Kier molecular flexibility index (Phi) is 4.42. The molecule has 3 nitrogen and oxygen atoms in total. The monoisotopic (exact) mass is 274 g/mol. The van der Waals surface area contributed by atoms with Crippen LogP contribution in [0.1, 0.15) is 12.5 Å². The van der Waals surface area contributed by atoms with Gasteiger partial charge in [-0.2, -0.15) is 0 Å². The average molecular weight is 275 g/mol. The molecule has 0 aliphatic carbocycles. The molecule has 0 aliphatic heterocycles. The van der Waals surface area contributed by atoms with E-state index in [4.69, 9.17) is 9.47 Å². The van der Waals surface area contributed by atoms with E-state index in [1.165, 1.54) is 0 Å². The van der Waals surface area contributed by atoms with Gasteiger partial charge in [0.05, 0.1) is 20.3 Å². The van der Waals surface area contributed by atoms with Gasteiger partial charge >= 0.3 is 0 Å². The number of aliphatic hydroxyl groups excluding tert-OH is 1. The number of rotatable bonds is 4. The Morgan fingerprint density at radius 3 is 2.27 bits per heavy atom. The summed E-state index contributed by atoms with van der Waals surface area (Å²) in [7, 11) is 3.19. The molecule has 0 unspecified atom stereocenters. The molecule has 1 aromatic rings. The molecule has 1 N–H and O–H groups in total. The van der Waals surface area contributed by atoms with Crippen molar-refractivity contribution >= 4 is 15.9 Å². The molecule has 15 heavy (non-hydrogen) atoms. The van der Waals surface area contributed by atoms with Gasteiger partial charge in [0.15, 0.2) is 11.5 Å². The summed E-state index contributed by atoms with van der Waals surface area (Å²) < 4.78 is 11.3. The highest BCUT2D eigenvalue weighted by Crippen LogP contribution is 2.33. The van der Waals surface area contributed by atoms with E-state index < -0.39 is 0 Å². The SMILES string of the molecule is COc1cc(Br)c(C[C@@H](C)O)cc1OC. The standard InChI is InChI=1S/C11H15BrO3/c1-7(13)4-8-5-10(14-2)11(15-3)6-9(8)12/h5-7,13H,4H2,1-3H3/t7-/m1/s1. The maximum absolute atomic E-state index is 9.33. The number of aliphatic hydroxyl groups is 1. The lowest BCUT2D eigenvalue weighted by atomic mass is 10.1. The van der Waals surface area contributed by atoms with Gasteiger partial charge in [-0.15, -0.1) is 0 Å². The third-order valence-corrected chi connectivity index (χ3v) is 2.81. The number of ether oxygens (including phenoxy) is 2. The van der Waals surface area contributed by atoms with Crippen LogP contribution in [0.3, 0.4) is 0 Å². The Bertz CT molecular complexity index is 337. The van der Waals surface area contributed by atoms with Crippen LogP contribution in [-0.2, 0) is 6.42 Å². The van der Waals surface area contributed by atoms with Gasteiger partial charge < -0.3 is 14.6 Å². The molecule has 0 radical (unpaired) electrons. The third kappa shape index (κ3) is 3.11. The van der Waals surface area contributed by atoms with Crippen LogP contribution in [0.15, 0.2) is 16.6 Å². The van der Waals surface area contributed by atoms with E-state index in [1.807, 2.05) is 12.1 Å². The largest absolute Gasteiger partial charge is 0.493 e. The van der Waals surface area contributed by atoms with Gasteiger partial charge in [-0.1, -0.05) is 15.9 Å². The zero-order chi connectivity index (χ0) is 11.4. The van der Waals surface area contributed by atoms with Crippen LogP contribution < -0.4 is 9.47 Å². The normalized spacial score (nSPS) is 12.3. The van der Waals surface area contributed by atoms with E-state index in [0.717, 1.165) is 10.0 Å². The molecule has 1 rings (SSSR count). The number of benzene rings is 1. The third-order valence-electron chi connectivity index (χ3n) is 2.07. The van der Waals surface area contributed by atoms with E-state index in [0.29, 0.717) is 17.9 Å². The van der Waals surface area contributed by atoms with E-state index in [-0.39, 0.29) is 6.10 Å². The quantitative estimate of drug-likeness (QED) is 0.917. The summed E-state index contributed by atoms with van der Waals surface area (Å²) in [4.78, 5) is 0. The van der Waals surface area contributed by atoms with Crippen molar-refractivity contribution in [1.29, 1.82) is 0 Å². The molecular formula is C11H15BrO3. The Morgan fingerprint density at radius 2 is 1.80 bits per heavy atom. The number of hydrogen-bond donors (Lipinski definition) is 1. The van der Waals surface area contributed by atoms with Gasteiger partial charge in [0, 0.05) is 4.47 Å². The lowest BCUT2D eigenvalue weighted by Crippen LogP contribution is -2.05. The van der Waals surface area contributed by atoms with Gasteiger partial charge in [0.1, 0.15) is 0 Å². The fraction of sp³-hybridized carbons (Fsp3) is 0.455. The molecule has 0 heterocycles. The highest BCUT2D eigenvalue weighted by atomic mass is 79.9. The summed E-state index contributed by atoms with van der Waals surface area (Å²) in [6.45, 7) is 1.75. The van der Waals surface area contributed by atoms with Crippen LogP contribution in [0.2, 0.25) is 0 Å². The Morgan fingerprint density at radius 1 is 1.27 bits per heavy atom. The minimum Gasteiger partial charge on any atom is -0.493 e. The zero-order valence-electron chi connectivity index (χ0n) is 9.08. The lowest BCUT2D eigenvalue weighted by molar-refractivity contribution is 0.195. The molecule has 0 aliphatic rings. The van der Waals surface area contributed by atoms with Crippen molar-refractivity contribution in [3.63, 3.8) is 0 Å². The molecule has 0 bridgehead atoms. The van der Waals surface area contributed by atoms with Crippen molar-refractivity contribution in [1.82, 2.24) is 0 Å². The van der Waals surface area contributed by atoms with Crippen LogP contribution in [0.5, 0.6) is 11.5 Å². The van der Waals surface area contributed by atoms with Crippen LogP contribution in [0.25, 0.3) is 0 Å².